The van der Waals surface area contributed by atoms with Crippen molar-refractivity contribution in [2.75, 3.05) is 18.6 Å². The van der Waals surface area contributed by atoms with Crippen LogP contribution in [0.5, 0.6) is 0 Å². The molecule has 1 rings (SSSR count). The number of methoxy groups -OCH3 is 1. The molecule has 0 saturated carbocycles. The topological polar surface area (TPSA) is 104 Å². The predicted octanol–water partition coefficient (Wildman–Crippen LogP) is -0.264. The molecule has 13 heavy (non-hydrogen) atoms. The third-order valence-electron chi connectivity index (χ3n) is 1.52. The molecule has 6 nitrogen and oxygen atoms in total. The van der Waals surface area contributed by atoms with Crippen molar-refractivity contribution in [1.82, 2.24) is 9.97 Å². The first-order valence-corrected chi connectivity index (χ1v) is 3.54. The van der Waals surface area contributed by atoms with Gasteiger partial charge in [0.15, 0.2) is 0 Å². The molecule has 4 N–H and O–H groups in total. The minimum atomic E-state index is -0.560. The molecule has 0 aliphatic carbocycles. The Hall–Kier alpha value is -1.85. The highest BCUT2D eigenvalue weighted by molar-refractivity contribution is 5.95. The average Bonchev–Trinajstić information content (AvgIpc) is 2.02. The minimum absolute atomic E-state index is 0.0388. The first-order chi connectivity index (χ1) is 6.06. The van der Waals surface area contributed by atoms with E-state index in [9.17, 15) is 4.79 Å². The van der Waals surface area contributed by atoms with E-state index in [-0.39, 0.29) is 17.3 Å². The molecule has 70 valence electrons. The number of rotatable bonds is 1. The van der Waals surface area contributed by atoms with E-state index < -0.39 is 5.97 Å². The van der Waals surface area contributed by atoms with Crippen LogP contribution in [0, 0.1) is 6.92 Å². The summed E-state index contributed by atoms with van der Waals surface area (Å²) in [7, 11) is 1.26. The van der Waals surface area contributed by atoms with Crippen LogP contribution in [0.2, 0.25) is 0 Å². The van der Waals surface area contributed by atoms with Crippen LogP contribution < -0.4 is 11.5 Å². The van der Waals surface area contributed by atoms with Gasteiger partial charge in [-0.1, -0.05) is 0 Å². The smallest absolute Gasteiger partial charge is 0.343 e. The number of ether oxygens (including phenoxy) is 1. The molecule has 0 aliphatic heterocycles. The fourth-order valence-corrected chi connectivity index (χ4v) is 0.972. The van der Waals surface area contributed by atoms with Crippen molar-refractivity contribution in [2.45, 2.75) is 6.92 Å². The lowest BCUT2D eigenvalue weighted by atomic mass is 10.2. The molecule has 0 saturated heterocycles. The van der Waals surface area contributed by atoms with Crippen LogP contribution in [0.15, 0.2) is 0 Å². The van der Waals surface area contributed by atoms with E-state index in [1.54, 1.807) is 6.92 Å². The van der Waals surface area contributed by atoms with E-state index in [0.717, 1.165) is 0 Å². The molecule has 0 bridgehead atoms. The summed E-state index contributed by atoms with van der Waals surface area (Å²) >= 11 is 0. The van der Waals surface area contributed by atoms with Crippen LogP contribution >= 0.6 is 0 Å². The largest absolute Gasteiger partial charge is 0.465 e. The number of aromatic nitrogens is 2. The SMILES string of the molecule is COC(=O)c1c(C)nc(N)nc1N. The first kappa shape index (κ1) is 9.24. The number of hydrogen-bond donors (Lipinski definition) is 2. The van der Waals surface area contributed by atoms with E-state index in [4.69, 9.17) is 11.5 Å². The normalized spacial score (nSPS) is 9.69. The second-order valence-corrected chi connectivity index (χ2v) is 2.42. The van der Waals surface area contributed by atoms with Gasteiger partial charge in [0.2, 0.25) is 5.95 Å². The molecular weight excluding hydrogens is 172 g/mol. The van der Waals surface area contributed by atoms with Crippen molar-refractivity contribution in [1.29, 1.82) is 0 Å². The lowest BCUT2D eigenvalue weighted by Crippen LogP contribution is -2.12. The summed E-state index contributed by atoms with van der Waals surface area (Å²) in [6, 6.07) is 0. The van der Waals surface area contributed by atoms with E-state index in [1.807, 2.05) is 0 Å². The summed E-state index contributed by atoms with van der Waals surface area (Å²) in [5.41, 5.74) is 11.4. The van der Waals surface area contributed by atoms with Gasteiger partial charge in [-0.05, 0) is 6.92 Å². The van der Waals surface area contributed by atoms with Gasteiger partial charge in [0.25, 0.3) is 0 Å². The fourth-order valence-electron chi connectivity index (χ4n) is 0.972. The zero-order chi connectivity index (χ0) is 10.0. The molecule has 1 aromatic rings. The quantitative estimate of drug-likeness (QED) is 0.579. The highest BCUT2D eigenvalue weighted by Gasteiger charge is 2.16. The van der Waals surface area contributed by atoms with E-state index in [2.05, 4.69) is 14.7 Å². The molecular formula is C7H10N4O2. The molecule has 6 heteroatoms. The summed E-state index contributed by atoms with van der Waals surface area (Å²) in [4.78, 5) is 18.6. The molecule has 0 fully saturated rings. The molecule has 0 radical (unpaired) electrons. The molecule has 0 aromatic carbocycles. The maximum Gasteiger partial charge on any atom is 0.343 e. The Kier molecular flexibility index (Phi) is 2.32. The van der Waals surface area contributed by atoms with Crippen molar-refractivity contribution in [2.24, 2.45) is 0 Å². The molecule has 0 aliphatic rings. The third kappa shape index (κ3) is 1.66. The Labute approximate surface area is 74.9 Å². The van der Waals surface area contributed by atoms with Crippen LogP contribution in [-0.2, 0) is 4.74 Å². The number of hydrogen-bond acceptors (Lipinski definition) is 6. The van der Waals surface area contributed by atoms with Crippen LogP contribution in [0.4, 0.5) is 11.8 Å². The number of carbonyl (C=O) groups is 1. The molecule has 0 amide bonds. The Morgan fingerprint density at radius 2 is 2.00 bits per heavy atom. The lowest BCUT2D eigenvalue weighted by molar-refractivity contribution is 0.0600. The summed E-state index contributed by atoms with van der Waals surface area (Å²) in [6.45, 7) is 1.61. The van der Waals surface area contributed by atoms with Gasteiger partial charge < -0.3 is 16.2 Å². The zero-order valence-electron chi connectivity index (χ0n) is 7.37. The standard InChI is InChI=1S/C7H10N4O2/c1-3-4(6(12)13-2)5(8)11-7(9)10-3/h1-2H3,(H4,8,9,10,11). The molecule has 1 heterocycles. The Bertz CT molecular complexity index is 327. The van der Waals surface area contributed by atoms with E-state index >= 15 is 0 Å². The van der Waals surface area contributed by atoms with Gasteiger partial charge in [0.1, 0.15) is 11.4 Å². The average molecular weight is 182 g/mol. The van der Waals surface area contributed by atoms with E-state index in [0.29, 0.717) is 5.69 Å². The highest BCUT2D eigenvalue weighted by atomic mass is 16.5. The number of aryl methyl sites for hydroxylation is 1. The van der Waals surface area contributed by atoms with E-state index in [1.165, 1.54) is 7.11 Å². The summed E-state index contributed by atoms with van der Waals surface area (Å²) in [6.07, 6.45) is 0. The number of nitrogen functional groups attached to an aromatic ring is 2. The Morgan fingerprint density at radius 1 is 1.38 bits per heavy atom. The predicted molar refractivity (Wildman–Crippen MR) is 46.9 cm³/mol. The lowest BCUT2D eigenvalue weighted by Gasteiger charge is -2.05. The monoisotopic (exact) mass is 182 g/mol. The van der Waals surface area contributed by atoms with Gasteiger partial charge in [-0.25, -0.2) is 9.78 Å². The fraction of sp³-hybridized carbons (Fsp3) is 0.286. The van der Waals surface area contributed by atoms with Gasteiger partial charge in [0.05, 0.1) is 12.8 Å². The van der Waals surface area contributed by atoms with Gasteiger partial charge in [-0.3, -0.25) is 0 Å². The van der Waals surface area contributed by atoms with Crippen molar-refractivity contribution >= 4 is 17.7 Å². The number of carbonyl (C=O) groups excluding carboxylic acids is 1. The van der Waals surface area contributed by atoms with Gasteiger partial charge >= 0.3 is 5.97 Å². The molecule has 0 atom stereocenters. The van der Waals surface area contributed by atoms with Crippen LogP contribution in [0.1, 0.15) is 16.1 Å². The summed E-state index contributed by atoms with van der Waals surface area (Å²) in [5, 5.41) is 0. The minimum Gasteiger partial charge on any atom is -0.465 e. The number of anilines is 2. The highest BCUT2D eigenvalue weighted by Crippen LogP contribution is 2.14. The second kappa shape index (κ2) is 3.26. The maximum absolute atomic E-state index is 11.1. The van der Waals surface area contributed by atoms with Crippen molar-refractivity contribution in [3.8, 4) is 0 Å². The van der Waals surface area contributed by atoms with Crippen LogP contribution in [0.3, 0.4) is 0 Å². The van der Waals surface area contributed by atoms with Gasteiger partial charge in [0, 0.05) is 0 Å². The van der Waals surface area contributed by atoms with Crippen molar-refractivity contribution < 1.29 is 9.53 Å². The zero-order valence-corrected chi connectivity index (χ0v) is 7.37. The van der Waals surface area contributed by atoms with Crippen molar-refractivity contribution in [3.63, 3.8) is 0 Å². The number of nitrogens with two attached hydrogens (primary N) is 2. The number of esters is 1. The summed E-state index contributed by atoms with van der Waals surface area (Å²) < 4.78 is 4.50. The van der Waals surface area contributed by atoms with Gasteiger partial charge in [-0.15, -0.1) is 0 Å². The summed E-state index contributed by atoms with van der Waals surface area (Å²) in [5.74, 6) is -0.477. The third-order valence-corrected chi connectivity index (χ3v) is 1.52. The Morgan fingerprint density at radius 3 is 2.46 bits per heavy atom. The molecule has 0 unspecified atom stereocenters. The molecule has 0 spiro atoms. The van der Waals surface area contributed by atoms with Crippen LogP contribution in [0.25, 0.3) is 0 Å². The second-order valence-electron chi connectivity index (χ2n) is 2.42. The first-order valence-electron chi connectivity index (χ1n) is 3.54. The maximum atomic E-state index is 11.1. The molecule has 1 aromatic heterocycles. The number of nitrogens with zero attached hydrogens (tertiary/aromatic N) is 2. The van der Waals surface area contributed by atoms with Crippen molar-refractivity contribution in [3.05, 3.63) is 11.3 Å². The van der Waals surface area contributed by atoms with Crippen LogP contribution in [-0.4, -0.2) is 23.0 Å². The Balaban J connectivity index is 3.28. The van der Waals surface area contributed by atoms with Gasteiger partial charge in [-0.2, -0.15) is 4.98 Å².